The quantitative estimate of drug-likeness (QED) is 0.196. The fourth-order valence-electron chi connectivity index (χ4n) is 5.54. The zero-order valence-corrected chi connectivity index (χ0v) is 24.6. The van der Waals surface area contributed by atoms with Gasteiger partial charge in [-0.05, 0) is 73.5 Å². The Morgan fingerprint density at radius 1 is 0.932 bits per heavy atom. The molecule has 1 aliphatic heterocycles. The summed E-state index contributed by atoms with van der Waals surface area (Å²) in [6.45, 7) is 1.86. The summed E-state index contributed by atoms with van der Waals surface area (Å²) in [5.74, 6) is 0.241. The lowest BCUT2D eigenvalue weighted by Gasteiger charge is -2.23. The number of sulfonamides is 1. The van der Waals surface area contributed by atoms with Gasteiger partial charge in [0.2, 0.25) is 10.0 Å². The zero-order chi connectivity index (χ0) is 30.3. The average Bonchev–Trinajstić information content (AvgIpc) is 3.64. The molecule has 0 bridgehead atoms. The summed E-state index contributed by atoms with van der Waals surface area (Å²) < 4.78 is 46.4. The van der Waals surface area contributed by atoms with Crippen LogP contribution >= 0.6 is 0 Å². The molecule has 5 aromatic heterocycles. The second-order valence-corrected chi connectivity index (χ2v) is 12.8. The predicted octanol–water partition coefficient (Wildman–Crippen LogP) is 4.55. The van der Waals surface area contributed by atoms with Crippen molar-refractivity contribution in [3.05, 3.63) is 78.8 Å². The minimum Gasteiger partial charge on any atom is -0.489 e. The molecule has 7 rings (SSSR count). The van der Waals surface area contributed by atoms with E-state index in [2.05, 4.69) is 40.2 Å². The Balaban J connectivity index is 1.23. The predicted molar refractivity (Wildman–Crippen MR) is 166 cm³/mol. The number of benzene rings is 1. The number of aromatic nitrogens is 6. The first-order valence-electron chi connectivity index (χ1n) is 14.2. The number of nitrogens with zero attached hydrogens (tertiary/aromatic N) is 4. The number of nitrogens with one attached hydrogen (secondary N) is 4. The van der Waals surface area contributed by atoms with Crippen LogP contribution in [0.3, 0.4) is 0 Å². The molecule has 1 fully saturated rings. The van der Waals surface area contributed by atoms with Crippen LogP contribution in [0.2, 0.25) is 0 Å². The number of fused-ring (bicyclic) bond motifs is 2. The summed E-state index contributed by atoms with van der Waals surface area (Å²) in [6.07, 6.45) is 11.7. The number of rotatable bonds is 8. The Morgan fingerprint density at radius 3 is 2.61 bits per heavy atom. The number of aromatic amines is 2. The Kier molecular flexibility index (Phi) is 7.28. The molecule has 0 unspecified atom stereocenters. The highest BCUT2D eigenvalue weighted by Crippen LogP contribution is 2.35. The highest BCUT2D eigenvalue weighted by molar-refractivity contribution is 7.88. The van der Waals surface area contributed by atoms with E-state index in [1.807, 2.05) is 18.2 Å². The van der Waals surface area contributed by atoms with E-state index in [9.17, 15) is 12.8 Å². The van der Waals surface area contributed by atoms with Crippen LogP contribution in [0.15, 0.2) is 67.4 Å². The highest BCUT2D eigenvalue weighted by Gasteiger charge is 2.18. The van der Waals surface area contributed by atoms with Gasteiger partial charge in [-0.25, -0.2) is 17.5 Å². The van der Waals surface area contributed by atoms with Gasteiger partial charge in [-0.3, -0.25) is 20.1 Å². The summed E-state index contributed by atoms with van der Waals surface area (Å²) in [5.41, 5.74) is 6.29. The van der Waals surface area contributed by atoms with Gasteiger partial charge < -0.3 is 15.0 Å². The standard InChI is InChI=1S/C31H29FN8O3S/c1-44(41,42)37-12-18-6-19(8-21(32)7-18)26-15-35-16-29-24(26)10-28(38-29)31-25-11-27(36-17-30(25)39-40-31)20-9-23(14-34-13-20)43-22-2-4-33-5-3-22/h6-11,13-17,22,33,37-38H,2-5,12H2,1H3,(H,39,40). The molecule has 224 valence electrons. The number of H-pyrrole nitrogens is 2. The third kappa shape index (κ3) is 5.89. The number of pyridine rings is 3. The van der Waals surface area contributed by atoms with Crippen molar-refractivity contribution in [3.8, 4) is 39.5 Å². The van der Waals surface area contributed by atoms with Gasteiger partial charge in [-0.15, -0.1) is 0 Å². The molecule has 0 saturated carbocycles. The Morgan fingerprint density at radius 2 is 1.77 bits per heavy atom. The molecule has 0 atom stereocenters. The number of ether oxygens (including phenoxy) is 1. The smallest absolute Gasteiger partial charge is 0.209 e. The fraction of sp³-hybridized carbons (Fsp3) is 0.226. The van der Waals surface area contributed by atoms with Crippen molar-refractivity contribution < 1.29 is 17.5 Å². The molecule has 6 aromatic rings. The summed E-state index contributed by atoms with van der Waals surface area (Å²) in [6, 6.07) is 10.4. The van der Waals surface area contributed by atoms with Crippen LogP contribution in [0, 0.1) is 5.82 Å². The first kappa shape index (κ1) is 28.1. The SMILES string of the molecule is CS(=O)(=O)NCc1cc(F)cc(-c2cncc3[nH]c(-c4n[nH]c5cnc(-c6cncc(OC7CCNCC7)c6)cc45)cc23)c1. The number of hydrogen-bond donors (Lipinski definition) is 4. The van der Waals surface area contributed by atoms with Gasteiger partial charge in [0.25, 0.3) is 0 Å². The van der Waals surface area contributed by atoms with E-state index in [0.717, 1.165) is 70.9 Å². The highest BCUT2D eigenvalue weighted by atomic mass is 32.2. The molecule has 6 heterocycles. The molecular formula is C31H29FN8O3S. The van der Waals surface area contributed by atoms with Crippen molar-refractivity contribution in [2.75, 3.05) is 19.3 Å². The van der Waals surface area contributed by atoms with Crippen LogP contribution in [-0.4, -0.2) is 64.0 Å². The maximum absolute atomic E-state index is 14.6. The maximum atomic E-state index is 14.6. The molecule has 0 amide bonds. The summed E-state index contributed by atoms with van der Waals surface area (Å²) in [4.78, 5) is 16.8. The van der Waals surface area contributed by atoms with E-state index >= 15 is 0 Å². The number of hydrogen-bond acceptors (Lipinski definition) is 8. The molecular weight excluding hydrogens is 583 g/mol. The van der Waals surface area contributed by atoms with Gasteiger partial charge in [-0.1, -0.05) is 0 Å². The lowest BCUT2D eigenvalue weighted by Crippen LogP contribution is -2.34. The Labute approximate surface area is 252 Å². The third-order valence-corrected chi connectivity index (χ3v) is 8.32. The second kappa shape index (κ2) is 11.4. The maximum Gasteiger partial charge on any atom is 0.209 e. The lowest BCUT2D eigenvalue weighted by molar-refractivity contribution is 0.162. The normalized spacial score (nSPS) is 14.4. The van der Waals surface area contributed by atoms with E-state index in [0.29, 0.717) is 28.1 Å². The average molecular weight is 613 g/mol. The van der Waals surface area contributed by atoms with Crippen LogP contribution in [0.25, 0.3) is 55.6 Å². The summed E-state index contributed by atoms with van der Waals surface area (Å²) in [5, 5.41) is 12.7. The van der Waals surface area contributed by atoms with Crippen LogP contribution in [0.4, 0.5) is 4.39 Å². The summed E-state index contributed by atoms with van der Waals surface area (Å²) >= 11 is 0. The van der Waals surface area contributed by atoms with Crippen molar-refractivity contribution in [1.29, 1.82) is 0 Å². The monoisotopic (exact) mass is 612 g/mol. The second-order valence-electron chi connectivity index (χ2n) is 10.9. The van der Waals surface area contributed by atoms with Crippen molar-refractivity contribution in [1.82, 2.24) is 40.2 Å². The lowest BCUT2D eigenvalue weighted by atomic mass is 10.0. The van der Waals surface area contributed by atoms with Gasteiger partial charge in [0.05, 0.1) is 47.3 Å². The molecule has 0 spiro atoms. The Hall–Kier alpha value is -4.72. The van der Waals surface area contributed by atoms with E-state index in [4.69, 9.17) is 4.74 Å². The molecule has 0 aliphatic carbocycles. The van der Waals surface area contributed by atoms with Crippen molar-refractivity contribution in [3.63, 3.8) is 0 Å². The van der Waals surface area contributed by atoms with Crippen molar-refractivity contribution in [2.24, 2.45) is 0 Å². The largest absolute Gasteiger partial charge is 0.489 e. The fourth-order valence-corrected chi connectivity index (χ4v) is 5.97. The molecule has 1 saturated heterocycles. The topological polar surface area (TPSA) is 151 Å². The van der Waals surface area contributed by atoms with Gasteiger partial charge >= 0.3 is 0 Å². The number of halogens is 1. The Bertz CT molecular complexity index is 2100. The molecule has 0 radical (unpaired) electrons. The molecule has 1 aliphatic rings. The molecule has 13 heteroatoms. The van der Waals surface area contributed by atoms with Gasteiger partial charge in [-0.2, -0.15) is 5.10 Å². The first-order valence-corrected chi connectivity index (χ1v) is 16.1. The van der Waals surface area contributed by atoms with E-state index in [1.165, 1.54) is 12.1 Å². The van der Waals surface area contributed by atoms with Crippen LogP contribution in [0.1, 0.15) is 18.4 Å². The molecule has 4 N–H and O–H groups in total. The first-order chi connectivity index (χ1) is 21.3. The minimum atomic E-state index is -3.43. The van der Waals surface area contributed by atoms with E-state index < -0.39 is 15.8 Å². The van der Waals surface area contributed by atoms with Crippen LogP contribution in [-0.2, 0) is 16.6 Å². The van der Waals surface area contributed by atoms with E-state index in [1.54, 1.807) is 37.1 Å². The number of piperidine rings is 1. The molecule has 11 nitrogen and oxygen atoms in total. The third-order valence-electron chi connectivity index (χ3n) is 7.65. The van der Waals surface area contributed by atoms with Crippen LogP contribution < -0.4 is 14.8 Å². The van der Waals surface area contributed by atoms with Crippen LogP contribution in [0.5, 0.6) is 5.75 Å². The van der Waals surface area contributed by atoms with E-state index in [-0.39, 0.29) is 12.6 Å². The molecule has 44 heavy (non-hydrogen) atoms. The van der Waals surface area contributed by atoms with Gasteiger partial charge in [0.15, 0.2) is 0 Å². The molecule has 1 aromatic carbocycles. The van der Waals surface area contributed by atoms with Gasteiger partial charge in [0.1, 0.15) is 23.4 Å². The van der Waals surface area contributed by atoms with Crippen molar-refractivity contribution in [2.45, 2.75) is 25.5 Å². The minimum absolute atomic E-state index is 0.0242. The summed E-state index contributed by atoms with van der Waals surface area (Å²) in [7, 11) is -3.43. The zero-order valence-electron chi connectivity index (χ0n) is 23.8. The van der Waals surface area contributed by atoms with Crippen molar-refractivity contribution >= 4 is 31.8 Å². The van der Waals surface area contributed by atoms with Gasteiger partial charge in [0, 0.05) is 40.8 Å².